The Labute approximate surface area is 116 Å². The third-order valence-corrected chi connectivity index (χ3v) is 4.18. The van der Waals surface area contributed by atoms with Gasteiger partial charge in [0.25, 0.3) is 4.96 Å². The quantitative estimate of drug-likeness (QED) is 0.616. The lowest BCUT2D eigenvalue weighted by atomic mass is 10.0. The summed E-state index contributed by atoms with van der Waals surface area (Å²) in [5, 5.41) is 22.0. The minimum Gasteiger partial charge on any atom is -0.480 e. The van der Waals surface area contributed by atoms with E-state index < -0.39 is 16.4 Å². The molecule has 3 heterocycles. The number of nitrogens with two attached hydrogens (primary N) is 1. The van der Waals surface area contributed by atoms with Crippen molar-refractivity contribution in [3.05, 3.63) is 21.7 Å². The Morgan fingerprint density at radius 3 is 3.00 bits per heavy atom. The number of carboxylic acids is 1. The smallest absolute Gasteiger partial charge is 0.373 e. The van der Waals surface area contributed by atoms with Crippen LogP contribution in [0.4, 0.5) is 11.6 Å². The zero-order valence-corrected chi connectivity index (χ0v) is 11.0. The van der Waals surface area contributed by atoms with Crippen molar-refractivity contribution in [1.82, 2.24) is 9.38 Å². The number of thiazole rings is 1. The van der Waals surface area contributed by atoms with Crippen LogP contribution in [0.2, 0.25) is 0 Å². The molecule has 3 N–H and O–H groups in total. The topological polar surface area (TPSA) is 127 Å². The summed E-state index contributed by atoms with van der Waals surface area (Å²) in [6.07, 6.45) is 1.79. The minimum absolute atomic E-state index is 0.00794. The maximum atomic E-state index is 11.2. The first-order chi connectivity index (χ1) is 9.42. The molecule has 1 unspecified atom stereocenters. The summed E-state index contributed by atoms with van der Waals surface area (Å²) in [5.41, 5.74) is 4.40. The molecule has 1 fully saturated rings. The Morgan fingerprint density at radius 2 is 2.40 bits per heavy atom. The van der Waals surface area contributed by atoms with E-state index in [0.717, 1.165) is 0 Å². The molecule has 10 heteroatoms. The van der Waals surface area contributed by atoms with Crippen molar-refractivity contribution in [3.63, 3.8) is 0 Å². The van der Waals surface area contributed by atoms with Gasteiger partial charge in [-0.15, -0.1) is 0 Å². The maximum absolute atomic E-state index is 11.2. The van der Waals surface area contributed by atoms with E-state index in [1.165, 1.54) is 15.7 Å². The van der Waals surface area contributed by atoms with Gasteiger partial charge in [-0.25, -0.2) is 0 Å². The fraction of sp³-hybridized carbons (Fsp3) is 0.400. The van der Waals surface area contributed by atoms with Crippen molar-refractivity contribution in [2.24, 2.45) is 5.73 Å². The minimum atomic E-state index is -1.38. The second-order valence-electron chi connectivity index (χ2n) is 4.70. The molecule has 0 aromatic carbocycles. The molecule has 3 rings (SSSR count). The number of rotatable bonds is 3. The highest BCUT2D eigenvalue weighted by Gasteiger charge is 2.44. The first kappa shape index (κ1) is 12.8. The number of carbonyl (C=O) groups is 1. The van der Waals surface area contributed by atoms with Crippen molar-refractivity contribution in [3.8, 4) is 0 Å². The van der Waals surface area contributed by atoms with Gasteiger partial charge in [0.05, 0.1) is 0 Å². The lowest BCUT2D eigenvalue weighted by molar-refractivity contribution is -0.389. The molecule has 20 heavy (non-hydrogen) atoms. The van der Waals surface area contributed by atoms with Gasteiger partial charge < -0.3 is 25.9 Å². The summed E-state index contributed by atoms with van der Waals surface area (Å²) < 4.78 is 1.39. The molecule has 0 saturated carbocycles. The Bertz CT molecular complexity index is 710. The van der Waals surface area contributed by atoms with Crippen LogP contribution in [0, 0.1) is 10.1 Å². The molecular formula is C10H11N5O4S. The van der Waals surface area contributed by atoms with E-state index in [-0.39, 0.29) is 24.6 Å². The number of aliphatic carboxylic acids is 1. The highest BCUT2D eigenvalue weighted by molar-refractivity contribution is 7.15. The van der Waals surface area contributed by atoms with E-state index in [4.69, 9.17) is 10.8 Å². The zero-order valence-electron chi connectivity index (χ0n) is 10.2. The van der Waals surface area contributed by atoms with Crippen molar-refractivity contribution in [2.75, 3.05) is 18.0 Å². The molecule has 1 atom stereocenters. The van der Waals surface area contributed by atoms with Crippen LogP contribution >= 0.6 is 11.3 Å². The molecule has 2 aromatic heterocycles. The monoisotopic (exact) mass is 297 g/mol. The van der Waals surface area contributed by atoms with Crippen LogP contribution in [0.5, 0.6) is 0 Å². The number of fused-ring (bicyclic) bond motifs is 1. The lowest BCUT2D eigenvalue weighted by Crippen LogP contribution is -2.50. The molecule has 0 spiro atoms. The lowest BCUT2D eigenvalue weighted by Gasteiger charge is -2.19. The summed E-state index contributed by atoms with van der Waals surface area (Å²) in [7, 11) is 0. The molecule has 1 aliphatic heterocycles. The molecule has 0 bridgehead atoms. The van der Waals surface area contributed by atoms with Gasteiger partial charge in [-0.2, -0.15) is 9.38 Å². The van der Waals surface area contributed by atoms with E-state index in [1.807, 2.05) is 0 Å². The zero-order chi connectivity index (χ0) is 14.5. The van der Waals surface area contributed by atoms with Gasteiger partial charge in [0.1, 0.15) is 11.7 Å². The standard InChI is InChI=1S/C10H11N5O4S/c11-10(8(16)17)1-2-13(5-10)6-7(15(18)19)14-3-4-20-9(14)12-6/h3-4H,1-2,5,11H2,(H,16,17). The maximum Gasteiger partial charge on any atom is 0.373 e. The van der Waals surface area contributed by atoms with Gasteiger partial charge >= 0.3 is 11.8 Å². The Kier molecular flexibility index (Phi) is 2.66. The molecule has 0 radical (unpaired) electrons. The van der Waals surface area contributed by atoms with Crippen LogP contribution in [0.3, 0.4) is 0 Å². The largest absolute Gasteiger partial charge is 0.480 e. The predicted molar refractivity (Wildman–Crippen MR) is 71.1 cm³/mol. The Balaban J connectivity index is 2.03. The number of anilines is 1. The van der Waals surface area contributed by atoms with Crippen LogP contribution < -0.4 is 10.6 Å². The summed E-state index contributed by atoms with van der Waals surface area (Å²) in [6, 6.07) is 0. The molecule has 1 saturated heterocycles. The third-order valence-electron chi connectivity index (χ3n) is 3.42. The van der Waals surface area contributed by atoms with Crippen LogP contribution in [-0.2, 0) is 4.79 Å². The van der Waals surface area contributed by atoms with Gasteiger partial charge in [0.15, 0.2) is 0 Å². The summed E-state index contributed by atoms with van der Waals surface area (Å²) in [4.78, 5) is 28.1. The molecule has 2 aromatic rings. The molecule has 0 aliphatic carbocycles. The molecule has 0 amide bonds. The summed E-state index contributed by atoms with van der Waals surface area (Å²) in [5.74, 6) is -1.09. The molecular weight excluding hydrogens is 286 g/mol. The van der Waals surface area contributed by atoms with Gasteiger partial charge in [0.2, 0.25) is 5.82 Å². The van der Waals surface area contributed by atoms with E-state index in [9.17, 15) is 14.9 Å². The van der Waals surface area contributed by atoms with Gasteiger partial charge in [-0.05, 0) is 11.3 Å². The second kappa shape index (κ2) is 4.15. The molecule has 9 nitrogen and oxygen atoms in total. The van der Waals surface area contributed by atoms with Crippen molar-refractivity contribution < 1.29 is 14.8 Å². The van der Waals surface area contributed by atoms with Crippen molar-refractivity contribution >= 4 is 33.9 Å². The number of carboxylic acid groups (broad SMARTS) is 1. The number of nitro groups is 1. The van der Waals surface area contributed by atoms with Crippen LogP contribution in [0.25, 0.3) is 4.96 Å². The van der Waals surface area contributed by atoms with Crippen molar-refractivity contribution in [1.29, 1.82) is 0 Å². The number of hydrogen-bond acceptors (Lipinski definition) is 7. The SMILES string of the molecule is NC1(C(=O)O)CCN(c2nc3sccn3c2[N+](=O)[O-])C1. The third kappa shape index (κ3) is 1.72. The highest BCUT2D eigenvalue weighted by atomic mass is 32.1. The highest BCUT2D eigenvalue weighted by Crippen LogP contribution is 2.34. The normalized spacial score (nSPS) is 22.6. The fourth-order valence-electron chi connectivity index (χ4n) is 2.33. The van der Waals surface area contributed by atoms with E-state index in [0.29, 0.717) is 11.5 Å². The Hall–Kier alpha value is -2.20. The number of hydrogen-bond donors (Lipinski definition) is 2. The van der Waals surface area contributed by atoms with Crippen LogP contribution in [-0.4, -0.2) is 44.0 Å². The average molecular weight is 297 g/mol. The fourth-order valence-corrected chi connectivity index (χ4v) is 3.04. The molecule has 1 aliphatic rings. The van der Waals surface area contributed by atoms with Crippen molar-refractivity contribution in [2.45, 2.75) is 12.0 Å². The van der Waals surface area contributed by atoms with Gasteiger partial charge in [-0.1, -0.05) is 11.3 Å². The van der Waals surface area contributed by atoms with Crippen LogP contribution in [0.1, 0.15) is 6.42 Å². The van der Waals surface area contributed by atoms with Gasteiger partial charge in [-0.3, -0.25) is 4.79 Å². The van der Waals surface area contributed by atoms with E-state index >= 15 is 0 Å². The Morgan fingerprint density at radius 1 is 1.65 bits per heavy atom. The van der Waals surface area contributed by atoms with E-state index in [2.05, 4.69) is 4.98 Å². The summed E-state index contributed by atoms with van der Waals surface area (Å²) in [6.45, 7) is 0.336. The average Bonchev–Trinajstić information content (AvgIpc) is 3.00. The first-order valence-corrected chi connectivity index (χ1v) is 6.67. The number of aromatic nitrogens is 2. The predicted octanol–water partition coefficient (Wildman–Crippen LogP) is 0.296. The number of imidazole rings is 1. The van der Waals surface area contributed by atoms with Gasteiger partial charge in [0, 0.05) is 18.5 Å². The first-order valence-electron chi connectivity index (χ1n) is 5.79. The summed E-state index contributed by atoms with van der Waals surface area (Å²) >= 11 is 1.28. The second-order valence-corrected chi connectivity index (χ2v) is 5.58. The van der Waals surface area contributed by atoms with Crippen LogP contribution in [0.15, 0.2) is 11.6 Å². The number of nitrogens with zero attached hydrogens (tertiary/aromatic N) is 4. The molecule has 106 valence electrons. The van der Waals surface area contributed by atoms with E-state index in [1.54, 1.807) is 16.5 Å².